The molecule has 7 heteroatoms. The van der Waals surface area contributed by atoms with Crippen LogP contribution < -0.4 is 10.6 Å². The predicted molar refractivity (Wildman–Crippen MR) is 104 cm³/mol. The first-order valence-electron chi connectivity index (χ1n) is 8.70. The van der Waals surface area contributed by atoms with E-state index in [1.807, 2.05) is 30.3 Å². The standard InChI is InChI=1S/C20H20N4O3/c21-20-22-17(12-19(23-20)24-7-9-27-10-8-24)16-11-14(3-6-18(16)26)13-1-4-15(25)5-2-13/h1-6,11-12,25-26H,7-10H2,(H2,21,22,23). The zero-order valence-corrected chi connectivity index (χ0v) is 14.7. The van der Waals surface area contributed by atoms with Gasteiger partial charge in [-0.25, -0.2) is 4.98 Å². The lowest BCUT2D eigenvalue weighted by Crippen LogP contribution is -2.36. The van der Waals surface area contributed by atoms with Crippen LogP contribution in [-0.2, 0) is 4.74 Å². The molecule has 138 valence electrons. The van der Waals surface area contributed by atoms with Gasteiger partial charge in [0.15, 0.2) is 0 Å². The van der Waals surface area contributed by atoms with Gasteiger partial charge in [-0.1, -0.05) is 18.2 Å². The molecule has 0 saturated carbocycles. The Morgan fingerprint density at radius 1 is 0.889 bits per heavy atom. The van der Waals surface area contributed by atoms with Crippen molar-refractivity contribution in [2.45, 2.75) is 0 Å². The average Bonchev–Trinajstić information content (AvgIpc) is 2.69. The Balaban J connectivity index is 1.75. The Hall–Kier alpha value is -3.32. The maximum absolute atomic E-state index is 10.4. The zero-order chi connectivity index (χ0) is 18.8. The summed E-state index contributed by atoms with van der Waals surface area (Å²) in [5.41, 5.74) is 8.88. The van der Waals surface area contributed by atoms with Crippen LogP contribution in [0.1, 0.15) is 0 Å². The molecule has 1 aliphatic rings. The molecule has 2 heterocycles. The Bertz CT molecular complexity index is 954. The number of phenolic OH excluding ortho intramolecular Hbond substituents is 2. The highest BCUT2D eigenvalue weighted by molar-refractivity contribution is 5.77. The summed E-state index contributed by atoms with van der Waals surface area (Å²) < 4.78 is 5.38. The van der Waals surface area contributed by atoms with Crippen LogP contribution in [0.3, 0.4) is 0 Å². The monoisotopic (exact) mass is 364 g/mol. The zero-order valence-electron chi connectivity index (χ0n) is 14.7. The molecule has 0 spiro atoms. The SMILES string of the molecule is Nc1nc(-c2cc(-c3ccc(O)cc3)ccc2O)cc(N2CCOCC2)n1. The molecule has 0 atom stereocenters. The molecule has 0 unspecified atom stereocenters. The van der Waals surface area contributed by atoms with Crippen LogP contribution in [0, 0.1) is 0 Å². The smallest absolute Gasteiger partial charge is 0.222 e. The molecule has 4 rings (SSSR count). The summed E-state index contributed by atoms with van der Waals surface area (Å²) in [5, 5.41) is 19.9. The first kappa shape index (κ1) is 17.1. The van der Waals surface area contributed by atoms with E-state index in [-0.39, 0.29) is 17.4 Å². The van der Waals surface area contributed by atoms with Crippen LogP contribution >= 0.6 is 0 Å². The fourth-order valence-corrected chi connectivity index (χ4v) is 3.12. The van der Waals surface area contributed by atoms with Crippen LogP contribution in [0.15, 0.2) is 48.5 Å². The summed E-state index contributed by atoms with van der Waals surface area (Å²) in [5.74, 6) is 1.19. The second-order valence-corrected chi connectivity index (χ2v) is 6.35. The molecular formula is C20H20N4O3. The van der Waals surface area contributed by atoms with Gasteiger partial charge in [0.1, 0.15) is 17.3 Å². The quantitative estimate of drug-likeness (QED) is 0.656. The third-order valence-electron chi connectivity index (χ3n) is 4.54. The van der Waals surface area contributed by atoms with Gasteiger partial charge in [0.25, 0.3) is 0 Å². The molecule has 3 aromatic rings. The normalized spacial score (nSPS) is 14.3. The molecule has 0 bridgehead atoms. The lowest BCUT2D eigenvalue weighted by Gasteiger charge is -2.28. The number of nitrogen functional groups attached to an aromatic ring is 1. The van der Waals surface area contributed by atoms with E-state index in [4.69, 9.17) is 10.5 Å². The number of benzene rings is 2. The van der Waals surface area contributed by atoms with Crippen molar-refractivity contribution in [2.75, 3.05) is 36.9 Å². The van der Waals surface area contributed by atoms with E-state index in [2.05, 4.69) is 14.9 Å². The Morgan fingerprint density at radius 2 is 1.59 bits per heavy atom. The molecule has 0 aliphatic carbocycles. The van der Waals surface area contributed by atoms with Gasteiger partial charge in [0, 0.05) is 24.7 Å². The van der Waals surface area contributed by atoms with Gasteiger partial charge in [-0.2, -0.15) is 4.98 Å². The van der Waals surface area contributed by atoms with E-state index in [0.717, 1.165) is 30.0 Å². The minimum atomic E-state index is 0.114. The summed E-state index contributed by atoms with van der Waals surface area (Å²) in [7, 11) is 0. The fourth-order valence-electron chi connectivity index (χ4n) is 3.12. The summed E-state index contributed by atoms with van der Waals surface area (Å²) in [6, 6.07) is 14.0. The number of nitrogens with zero attached hydrogens (tertiary/aromatic N) is 3. The number of aromatic nitrogens is 2. The van der Waals surface area contributed by atoms with Crippen molar-refractivity contribution in [1.29, 1.82) is 0 Å². The molecule has 7 nitrogen and oxygen atoms in total. The lowest BCUT2D eigenvalue weighted by atomic mass is 10.0. The molecule has 1 aliphatic heterocycles. The number of morpholine rings is 1. The third-order valence-corrected chi connectivity index (χ3v) is 4.54. The third kappa shape index (κ3) is 3.63. The van der Waals surface area contributed by atoms with Crippen LogP contribution in [0.2, 0.25) is 0 Å². The van der Waals surface area contributed by atoms with Crippen LogP contribution in [-0.4, -0.2) is 46.5 Å². The first-order valence-corrected chi connectivity index (χ1v) is 8.70. The number of nitrogens with two attached hydrogens (primary N) is 1. The number of hydrogen-bond donors (Lipinski definition) is 3. The summed E-state index contributed by atoms with van der Waals surface area (Å²) in [6.07, 6.45) is 0. The van der Waals surface area contributed by atoms with Crippen molar-refractivity contribution in [3.05, 3.63) is 48.5 Å². The molecule has 27 heavy (non-hydrogen) atoms. The second kappa shape index (κ2) is 7.13. The minimum absolute atomic E-state index is 0.114. The number of aromatic hydroxyl groups is 2. The highest BCUT2D eigenvalue weighted by atomic mass is 16.5. The molecule has 1 aromatic heterocycles. The van der Waals surface area contributed by atoms with E-state index >= 15 is 0 Å². The Labute approximate surface area is 156 Å². The molecule has 2 aromatic carbocycles. The fraction of sp³-hybridized carbons (Fsp3) is 0.200. The number of phenols is 2. The summed E-state index contributed by atoms with van der Waals surface area (Å²) in [6.45, 7) is 2.74. The maximum Gasteiger partial charge on any atom is 0.222 e. The first-order chi connectivity index (χ1) is 13.1. The predicted octanol–water partition coefficient (Wildman–Crippen LogP) is 2.64. The van der Waals surface area contributed by atoms with Gasteiger partial charge in [-0.05, 0) is 35.4 Å². The topological polar surface area (TPSA) is 105 Å². The number of anilines is 2. The van der Waals surface area contributed by atoms with E-state index in [0.29, 0.717) is 24.5 Å². The Morgan fingerprint density at radius 3 is 2.33 bits per heavy atom. The van der Waals surface area contributed by atoms with E-state index in [1.54, 1.807) is 18.2 Å². The highest BCUT2D eigenvalue weighted by Crippen LogP contribution is 2.34. The van der Waals surface area contributed by atoms with Crippen molar-refractivity contribution < 1.29 is 14.9 Å². The minimum Gasteiger partial charge on any atom is -0.508 e. The maximum atomic E-state index is 10.4. The van der Waals surface area contributed by atoms with Gasteiger partial charge in [-0.3, -0.25) is 0 Å². The summed E-state index contributed by atoms with van der Waals surface area (Å²) >= 11 is 0. The summed E-state index contributed by atoms with van der Waals surface area (Å²) in [4.78, 5) is 10.7. The molecular weight excluding hydrogens is 344 g/mol. The van der Waals surface area contributed by atoms with E-state index < -0.39 is 0 Å². The number of ether oxygens (including phenoxy) is 1. The molecule has 1 fully saturated rings. The van der Waals surface area contributed by atoms with E-state index in [9.17, 15) is 10.2 Å². The molecule has 1 saturated heterocycles. The largest absolute Gasteiger partial charge is 0.508 e. The van der Waals surface area contributed by atoms with Crippen molar-refractivity contribution in [1.82, 2.24) is 9.97 Å². The van der Waals surface area contributed by atoms with Crippen molar-refractivity contribution >= 4 is 11.8 Å². The lowest BCUT2D eigenvalue weighted by molar-refractivity contribution is 0.122. The second-order valence-electron chi connectivity index (χ2n) is 6.35. The van der Waals surface area contributed by atoms with E-state index in [1.165, 1.54) is 0 Å². The van der Waals surface area contributed by atoms with Crippen molar-refractivity contribution in [3.63, 3.8) is 0 Å². The van der Waals surface area contributed by atoms with Crippen molar-refractivity contribution in [2.24, 2.45) is 0 Å². The average molecular weight is 364 g/mol. The number of hydrogen-bond acceptors (Lipinski definition) is 7. The van der Waals surface area contributed by atoms with Gasteiger partial charge in [0.2, 0.25) is 5.95 Å². The van der Waals surface area contributed by atoms with Gasteiger partial charge < -0.3 is 25.6 Å². The van der Waals surface area contributed by atoms with Gasteiger partial charge in [-0.15, -0.1) is 0 Å². The van der Waals surface area contributed by atoms with Gasteiger partial charge >= 0.3 is 0 Å². The molecule has 4 N–H and O–H groups in total. The highest BCUT2D eigenvalue weighted by Gasteiger charge is 2.16. The van der Waals surface area contributed by atoms with Crippen LogP contribution in [0.4, 0.5) is 11.8 Å². The number of rotatable bonds is 3. The Kier molecular flexibility index (Phi) is 4.52. The van der Waals surface area contributed by atoms with Crippen molar-refractivity contribution in [3.8, 4) is 33.9 Å². The molecule has 0 amide bonds. The van der Waals surface area contributed by atoms with Crippen LogP contribution in [0.5, 0.6) is 11.5 Å². The van der Waals surface area contributed by atoms with Crippen LogP contribution in [0.25, 0.3) is 22.4 Å². The van der Waals surface area contributed by atoms with Gasteiger partial charge in [0.05, 0.1) is 18.9 Å². The molecule has 0 radical (unpaired) electrons.